The highest BCUT2D eigenvalue weighted by Crippen LogP contribution is 2.33. The van der Waals surface area contributed by atoms with E-state index in [1.807, 2.05) is 30.3 Å². The Morgan fingerprint density at radius 3 is 2.59 bits per heavy atom. The fourth-order valence-corrected chi connectivity index (χ4v) is 2.59. The molecule has 3 rings (SSSR count). The fourth-order valence-electron chi connectivity index (χ4n) is 2.59. The number of nitrogens with zero attached hydrogens (tertiary/aromatic N) is 1. The van der Waals surface area contributed by atoms with Gasteiger partial charge in [0.15, 0.2) is 11.5 Å². The van der Waals surface area contributed by atoms with Crippen LogP contribution in [0.25, 0.3) is 0 Å². The number of hydrogen-bond donors (Lipinski definition) is 2. The molecule has 5 nitrogen and oxygen atoms in total. The number of hydrogen-bond acceptors (Lipinski definition) is 5. The van der Waals surface area contributed by atoms with Gasteiger partial charge < -0.3 is 20.0 Å². The molecule has 2 aromatic rings. The number of aromatic hydroxyl groups is 1. The van der Waals surface area contributed by atoms with E-state index in [9.17, 15) is 5.11 Å². The van der Waals surface area contributed by atoms with Crippen molar-refractivity contribution in [3.8, 4) is 17.2 Å². The molecule has 0 radical (unpaired) electrons. The maximum Gasteiger partial charge on any atom is 0.161 e. The summed E-state index contributed by atoms with van der Waals surface area (Å²) in [6, 6.07) is 13.1. The zero-order chi connectivity index (χ0) is 15.5. The summed E-state index contributed by atoms with van der Waals surface area (Å²) in [5, 5.41) is 14.3. The van der Waals surface area contributed by atoms with E-state index < -0.39 is 0 Å². The second kappa shape index (κ2) is 5.97. The van der Waals surface area contributed by atoms with Gasteiger partial charge in [-0.25, -0.2) is 0 Å². The molecule has 1 atom stereocenters. The third-order valence-corrected chi connectivity index (χ3v) is 3.78. The van der Waals surface area contributed by atoms with Crippen molar-refractivity contribution in [3.05, 3.63) is 53.6 Å². The molecule has 114 valence electrons. The molecule has 0 saturated heterocycles. The number of hydrazone groups is 1. The highest BCUT2D eigenvalue weighted by molar-refractivity contribution is 6.03. The van der Waals surface area contributed by atoms with Crippen LogP contribution in [0.5, 0.6) is 17.2 Å². The Kier molecular flexibility index (Phi) is 3.87. The number of ether oxygens (including phenoxy) is 2. The predicted molar refractivity (Wildman–Crippen MR) is 84.7 cm³/mol. The summed E-state index contributed by atoms with van der Waals surface area (Å²) in [6.45, 7) is 0. The highest BCUT2D eigenvalue weighted by Gasteiger charge is 2.23. The number of nitrogens with one attached hydrogen (secondary N) is 1. The smallest absolute Gasteiger partial charge is 0.161 e. The number of rotatable bonds is 4. The first-order valence-electron chi connectivity index (χ1n) is 7.05. The maximum absolute atomic E-state index is 9.93. The van der Waals surface area contributed by atoms with E-state index in [0.29, 0.717) is 17.9 Å². The lowest BCUT2D eigenvalue weighted by molar-refractivity contribution is 0.354. The van der Waals surface area contributed by atoms with Crippen LogP contribution in [0.4, 0.5) is 0 Å². The maximum atomic E-state index is 9.93. The molecule has 1 aliphatic heterocycles. The van der Waals surface area contributed by atoms with Crippen LogP contribution in [0.3, 0.4) is 0 Å². The van der Waals surface area contributed by atoms with Crippen LogP contribution in [0, 0.1) is 0 Å². The number of benzene rings is 2. The number of methoxy groups -OCH3 is 2. The molecule has 0 bridgehead atoms. The Labute approximate surface area is 129 Å². The standard InChI is InChI=1S/C17H18N2O3/c1-21-16-8-7-11(9-17(16)22-2)13-10-14(19-18-13)12-5-3-4-6-15(12)20/h3-9,13,18,20H,10H2,1-2H3/t13-/m1/s1. The highest BCUT2D eigenvalue weighted by atomic mass is 16.5. The van der Waals surface area contributed by atoms with Crippen LogP contribution in [-0.4, -0.2) is 25.0 Å². The van der Waals surface area contributed by atoms with Gasteiger partial charge in [0.25, 0.3) is 0 Å². The van der Waals surface area contributed by atoms with Crippen molar-refractivity contribution >= 4 is 5.71 Å². The summed E-state index contributed by atoms with van der Waals surface area (Å²) in [7, 11) is 3.23. The lowest BCUT2D eigenvalue weighted by Crippen LogP contribution is -2.10. The Hall–Kier alpha value is -2.69. The molecule has 0 aromatic heterocycles. The summed E-state index contributed by atoms with van der Waals surface area (Å²) >= 11 is 0. The Bertz CT molecular complexity index is 713. The molecule has 5 heteroatoms. The average molecular weight is 298 g/mol. The van der Waals surface area contributed by atoms with Crippen molar-refractivity contribution in [2.45, 2.75) is 12.5 Å². The molecule has 0 amide bonds. The van der Waals surface area contributed by atoms with Gasteiger partial charge in [-0.15, -0.1) is 0 Å². The first kappa shape index (κ1) is 14.3. The molecule has 2 aromatic carbocycles. The Morgan fingerprint density at radius 2 is 1.86 bits per heavy atom. The first-order valence-corrected chi connectivity index (χ1v) is 7.05. The van der Waals surface area contributed by atoms with Gasteiger partial charge in [-0.2, -0.15) is 5.10 Å². The minimum absolute atomic E-state index is 0.0504. The predicted octanol–water partition coefficient (Wildman–Crippen LogP) is 2.85. The van der Waals surface area contributed by atoms with Crippen molar-refractivity contribution in [3.63, 3.8) is 0 Å². The van der Waals surface area contributed by atoms with Gasteiger partial charge in [-0.3, -0.25) is 0 Å². The quantitative estimate of drug-likeness (QED) is 0.911. The topological polar surface area (TPSA) is 63.1 Å². The second-order valence-corrected chi connectivity index (χ2v) is 5.08. The third kappa shape index (κ3) is 2.57. The largest absolute Gasteiger partial charge is 0.507 e. The molecular weight excluding hydrogens is 280 g/mol. The van der Waals surface area contributed by atoms with E-state index in [4.69, 9.17) is 9.47 Å². The minimum atomic E-state index is 0.0504. The van der Waals surface area contributed by atoms with Crippen LogP contribution >= 0.6 is 0 Å². The van der Waals surface area contributed by atoms with Gasteiger partial charge in [0, 0.05) is 12.0 Å². The summed E-state index contributed by atoms with van der Waals surface area (Å²) in [6.07, 6.45) is 0.701. The van der Waals surface area contributed by atoms with Gasteiger partial charge in [0.1, 0.15) is 5.75 Å². The van der Waals surface area contributed by atoms with Crippen LogP contribution in [-0.2, 0) is 0 Å². The molecule has 0 aliphatic carbocycles. The monoisotopic (exact) mass is 298 g/mol. The third-order valence-electron chi connectivity index (χ3n) is 3.78. The Balaban J connectivity index is 1.81. The normalized spacial score (nSPS) is 16.8. The van der Waals surface area contributed by atoms with Crippen LogP contribution in [0.15, 0.2) is 47.6 Å². The molecule has 0 saturated carbocycles. The lowest BCUT2D eigenvalue weighted by Gasteiger charge is -2.14. The van der Waals surface area contributed by atoms with Gasteiger partial charge in [-0.05, 0) is 29.8 Å². The zero-order valence-corrected chi connectivity index (χ0v) is 12.5. The van der Waals surface area contributed by atoms with Gasteiger partial charge in [0.2, 0.25) is 0 Å². The number of para-hydroxylation sites is 1. The SMILES string of the molecule is COc1ccc([C@H]2CC(c3ccccc3O)=NN2)cc1OC. The summed E-state index contributed by atoms with van der Waals surface area (Å²) in [4.78, 5) is 0. The van der Waals surface area contributed by atoms with E-state index in [1.165, 1.54) is 0 Å². The second-order valence-electron chi connectivity index (χ2n) is 5.08. The molecule has 0 fully saturated rings. The number of phenols is 1. The minimum Gasteiger partial charge on any atom is -0.507 e. The molecular formula is C17H18N2O3. The average Bonchev–Trinajstić information content (AvgIpc) is 3.04. The van der Waals surface area contributed by atoms with Crippen molar-refractivity contribution < 1.29 is 14.6 Å². The fraction of sp³-hybridized carbons (Fsp3) is 0.235. The van der Waals surface area contributed by atoms with Crippen molar-refractivity contribution in [1.82, 2.24) is 5.43 Å². The van der Waals surface area contributed by atoms with Crippen molar-refractivity contribution in [1.29, 1.82) is 0 Å². The molecule has 22 heavy (non-hydrogen) atoms. The van der Waals surface area contributed by atoms with Crippen LogP contribution in [0.2, 0.25) is 0 Å². The van der Waals surface area contributed by atoms with E-state index in [-0.39, 0.29) is 11.8 Å². The molecule has 0 spiro atoms. The van der Waals surface area contributed by atoms with Gasteiger partial charge in [0.05, 0.1) is 26.0 Å². The van der Waals surface area contributed by atoms with E-state index in [1.54, 1.807) is 26.4 Å². The first-order chi connectivity index (χ1) is 10.7. The van der Waals surface area contributed by atoms with E-state index in [0.717, 1.165) is 16.8 Å². The van der Waals surface area contributed by atoms with Crippen LogP contribution in [0.1, 0.15) is 23.6 Å². The summed E-state index contributed by atoms with van der Waals surface area (Å²) in [5.74, 6) is 1.64. The van der Waals surface area contributed by atoms with Crippen molar-refractivity contribution in [2.75, 3.05) is 14.2 Å². The molecule has 0 unspecified atom stereocenters. The summed E-state index contributed by atoms with van der Waals surface area (Å²) in [5.41, 5.74) is 5.79. The summed E-state index contributed by atoms with van der Waals surface area (Å²) < 4.78 is 10.6. The van der Waals surface area contributed by atoms with Gasteiger partial charge >= 0.3 is 0 Å². The molecule has 1 aliphatic rings. The van der Waals surface area contributed by atoms with E-state index >= 15 is 0 Å². The lowest BCUT2D eigenvalue weighted by atomic mass is 9.98. The number of phenolic OH excluding ortho intramolecular Hbond substituents is 1. The van der Waals surface area contributed by atoms with E-state index in [2.05, 4.69) is 10.5 Å². The van der Waals surface area contributed by atoms with Crippen molar-refractivity contribution in [2.24, 2.45) is 5.10 Å². The van der Waals surface area contributed by atoms with Gasteiger partial charge in [-0.1, -0.05) is 18.2 Å². The molecule has 1 heterocycles. The molecule has 2 N–H and O–H groups in total. The van der Waals surface area contributed by atoms with Crippen LogP contribution < -0.4 is 14.9 Å². The zero-order valence-electron chi connectivity index (χ0n) is 12.5. The Morgan fingerprint density at radius 1 is 1.09 bits per heavy atom.